The third kappa shape index (κ3) is 2.50. The van der Waals surface area contributed by atoms with Crippen molar-refractivity contribution in [2.45, 2.75) is 45.7 Å². The summed E-state index contributed by atoms with van der Waals surface area (Å²) in [6, 6.07) is 6.63. The SMILES string of the molecule is CCn1ccnc1CNc1cccc2c1CCCC2. The molecular weight excluding hydrogens is 234 g/mol. The van der Waals surface area contributed by atoms with Gasteiger partial charge in [0.05, 0.1) is 6.54 Å². The average Bonchev–Trinajstić information content (AvgIpc) is 2.92. The Hall–Kier alpha value is -1.77. The number of rotatable bonds is 4. The van der Waals surface area contributed by atoms with E-state index in [4.69, 9.17) is 0 Å². The fourth-order valence-electron chi connectivity index (χ4n) is 2.92. The molecule has 0 spiro atoms. The fourth-order valence-corrected chi connectivity index (χ4v) is 2.92. The van der Waals surface area contributed by atoms with Gasteiger partial charge in [0.15, 0.2) is 0 Å². The van der Waals surface area contributed by atoms with E-state index in [1.54, 1.807) is 0 Å². The Kier molecular flexibility index (Phi) is 3.53. The van der Waals surface area contributed by atoms with E-state index >= 15 is 0 Å². The van der Waals surface area contributed by atoms with Crippen LogP contribution < -0.4 is 5.32 Å². The third-order valence-corrected chi connectivity index (χ3v) is 3.98. The molecule has 0 unspecified atom stereocenters. The smallest absolute Gasteiger partial charge is 0.128 e. The van der Waals surface area contributed by atoms with Crippen LogP contribution in [-0.2, 0) is 25.9 Å². The molecule has 0 amide bonds. The van der Waals surface area contributed by atoms with Crippen molar-refractivity contribution >= 4 is 5.69 Å². The first-order valence-corrected chi connectivity index (χ1v) is 7.23. The van der Waals surface area contributed by atoms with Gasteiger partial charge in [-0.3, -0.25) is 0 Å². The molecule has 3 heteroatoms. The number of aryl methyl sites for hydroxylation is 2. The van der Waals surface area contributed by atoms with Crippen LogP contribution in [0.1, 0.15) is 36.7 Å². The molecule has 0 fully saturated rings. The minimum Gasteiger partial charge on any atom is -0.378 e. The standard InChI is InChI=1S/C16H21N3/c1-2-19-11-10-17-16(19)12-18-15-9-5-7-13-6-3-4-8-14(13)15/h5,7,9-11,18H,2-4,6,8,12H2,1H3. The van der Waals surface area contributed by atoms with Crippen molar-refractivity contribution in [1.29, 1.82) is 0 Å². The van der Waals surface area contributed by atoms with E-state index in [1.807, 2.05) is 12.4 Å². The Bertz CT molecular complexity index is 557. The lowest BCUT2D eigenvalue weighted by Gasteiger charge is -2.20. The van der Waals surface area contributed by atoms with Crippen molar-refractivity contribution in [3.8, 4) is 0 Å². The Morgan fingerprint density at radius 2 is 2.16 bits per heavy atom. The molecule has 19 heavy (non-hydrogen) atoms. The first-order valence-electron chi connectivity index (χ1n) is 7.23. The highest BCUT2D eigenvalue weighted by Gasteiger charge is 2.12. The molecule has 0 aliphatic heterocycles. The molecule has 100 valence electrons. The minimum absolute atomic E-state index is 0.803. The second kappa shape index (κ2) is 5.47. The number of aromatic nitrogens is 2. The Morgan fingerprint density at radius 3 is 3.05 bits per heavy atom. The molecule has 1 aliphatic rings. The van der Waals surface area contributed by atoms with Crippen LogP contribution in [0.3, 0.4) is 0 Å². The maximum Gasteiger partial charge on any atom is 0.128 e. The molecule has 0 saturated carbocycles. The van der Waals surface area contributed by atoms with Crippen molar-refractivity contribution in [2.75, 3.05) is 5.32 Å². The van der Waals surface area contributed by atoms with Gasteiger partial charge in [0, 0.05) is 24.6 Å². The molecule has 0 bridgehead atoms. The Morgan fingerprint density at radius 1 is 1.26 bits per heavy atom. The largest absolute Gasteiger partial charge is 0.378 e. The predicted octanol–water partition coefficient (Wildman–Crippen LogP) is 3.39. The summed E-state index contributed by atoms with van der Waals surface area (Å²) in [5.41, 5.74) is 4.33. The molecular formula is C16H21N3. The normalized spacial score (nSPS) is 14.2. The summed E-state index contributed by atoms with van der Waals surface area (Å²) in [6.07, 6.45) is 9.00. The van der Waals surface area contributed by atoms with Gasteiger partial charge < -0.3 is 9.88 Å². The molecule has 3 rings (SSSR count). The van der Waals surface area contributed by atoms with Gasteiger partial charge in [-0.2, -0.15) is 0 Å². The zero-order chi connectivity index (χ0) is 13.1. The van der Waals surface area contributed by atoms with Crippen LogP contribution in [-0.4, -0.2) is 9.55 Å². The van der Waals surface area contributed by atoms with Crippen LogP contribution >= 0.6 is 0 Å². The number of nitrogens with zero attached hydrogens (tertiary/aromatic N) is 2. The fraction of sp³-hybridized carbons (Fsp3) is 0.438. The molecule has 1 N–H and O–H groups in total. The highest BCUT2D eigenvalue weighted by atomic mass is 15.1. The molecule has 1 heterocycles. The lowest BCUT2D eigenvalue weighted by molar-refractivity contribution is 0.683. The number of benzene rings is 1. The monoisotopic (exact) mass is 255 g/mol. The summed E-state index contributed by atoms with van der Waals surface area (Å²) < 4.78 is 2.18. The molecule has 0 saturated heterocycles. The summed E-state index contributed by atoms with van der Waals surface area (Å²) in [5.74, 6) is 1.11. The van der Waals surface area contributed by atoms with Gasteiger partial charge in [0.1, 0.15) is 5.82 Å². The lowest BCUT2D eigenvalue weighted by atomic mass is 9.90. The zero-order valence-electron chi connectivity index (χ0n) is 11.5. The van der Waals surface area contributed by atoms with Gasteiger partial charge in [-0.25, -0.2) is 4.98 Å². The van der Waals surface area contributed by atoms with Gasteiger partial charge in [-0.15, -0.1) is 0 Å². The Balaban J connectivity index is 1.77. The topological polar surface area (TPSA) is 29.9 Å². The average molecular weight is 255 g/mol. The van der Waals surface area contributed by atoms with E-state index in [0.29, 0.717) is 0 Å². The number of fused-ring (bicyclic) bond motifs is 1. The van der Waals surface area contributed by atoms with Crippen LogP contribution in [0.2, 0.25) is 0 Å². The van der Waals surface area contributed by atoms with E-state index in [9.17, 15) is 0 Å². The number of hydrogen-bond donors (Lipinski definition) is 1. The van der Waals surface area contributed by atoms with Crippen LogP contribution in [0.25, 0.3) is 0 Å². The predicted molar refractivity (Wildman–Crippen MR) is 78.3 cm³/mol. The quantitative estimate of drug-likeness (QED) is 0.907. The van der Waals surface area contributed by atoms with E-state index < -0.39 is 0 Å². The lowest BCUT2D eigenvalue weighted by Crippen LogP contribution is -2.11. The van der Waals surface area contributed by atoms with Crippen LogP contribution in [0.15, 0.2) is 30.6 Å². The first-order chi connectivity index (χ1) is 9.38. The number of nitrogens with one attached hydrogen (secondary N) is 1. The van der Waals surface area contributed by atoms with Gasteiger partial charge in [-0.1, -0.05) is 12.1 Å². The summed E-state index contributed by atoms with van der Waals surface area (Å²) in [6.45, 7) is 3.93. The van der Waals surface area contributed by atoms with Gasteiger partial charge in [0.2, 0.25) is 0 Å². The molecule has 0 atom stereocenters. The van der Waals surface area contributed by atoms with E-state index in [2.05, 4.69) is 40.0 Å². The van der Waals surface area contributed by atoms with E-state index in [-0.39, 0.29) is 0 Å². The van der Waals surface area contributed by atoms with E-state index in [1.165, 1.54) is 42.5 Å². The van der Waals surface area contributed by atoms with Gasteiger partial charge in [-0.05, 0) is 49.8 Å². The molecule has 1 aliphatic carbocycles. The first kappa shape index (κ1) is 12.3. The van der Waals surface area contributed by atoms with Crippen molar-refractivity contribution in [3.05, 3.63) is 47.5 Å². The summed E-state index contributed by atoms with van der Waals surface area (Å²) in [4.78, 5) is 4.41. The number of hydrogen-bond acceptors (Lipinski definition) is 2. The van der Waals surface area contributed by atoms with Gasteiger partial charge in [0.25, 0.3) is 0 Å². The highest BCUT2D eigenvalue weighted by molar-refractivity contribution is 5.55. The van der Waals surface area contributed by atoms with Gasteiger partial charge >= 0.3 is 0 Å². The van der Waals surface area contributed by atoms with E-state index in [0.717, 1.165) is 18.9 Å². The molecule has 1 aromatic carbocycles. The molecule has 3 nitrogen and oxygen atoms in total. The molecule has 0 radical (unpaired) electrons. The minimum atomic E-state index is 0.803. The van der Waals surface area contributed by atoms with Crippen LogP contribution in [0, 0.1) is 0 Å². The molecule has 1 aromatic heterocycles. The summed E-state index contributed by atoms with van der Waals surface area (Å²) in [7, 11) is 0. The maximum atomic E-state index is 4.41. The van der Waals surface area contributed by atoms with Crippen molar-refractivity contribution in [1.82, 2.24) is 9.55 Å². The van der Waals surface area contributed by atoms with Crippen molar-refractivity contribution in [3.63, 3.8) is 0 Å². The highest BCUT2D eigenvalue weighted by Crippen LogP contribution is 2.28. The van der Waals surface area contributed by atoms with Crippen molar-refractivity contribution in [2.24, 2.45) is 0 Å². The number of anilines is 1. The maximum absolute atomic E-state index is 4.41. The van der Waals surface area contributed by atoms with Crippen LogP contribution in [0.4, 0.5) is 5.69 Å². The third-order valence-electron chi connectivity index (χ3n) is 3.98. The summed E-state index contributed by atoms with van der Waals surface area (Å²) >= 11 is 0. The zero-order valence-corrected chi connectivity index (χ0v) is 11.5. The molecule has 2 aromatic rings. The summed E-state index contributed by atoms with van der Waals surface area (Å²) in [5, 5.41) is 3.57. The van der Waals surface area contributed by atoms with Crippen LogP contribution in [0.5, 0.6) is 0 Å². The Labute approximate surface area is 114 Å². The second-order valence-electron chi connectivity index (χ2n) is 5.13. The number of imidazole rings is 1. The van der Waals surface area contributed by atoms with Crippen molar-refractivity contribution < 1.29 is 0 Å². The second-order valence-corrected chi connectivity index (χ2v) is 5.13.